The Morgan fingerprint density at radius 2 is 1.83 bits per heavy atom. The molecule has 8 heteroatoms. The van der Waals surface area contributed by atoms with Crippen molar-refractivity contribution in [3.63, 3.8) is 0 Å². The van der Waals surface area contributed by atoms with Gasteiger partial charge in [-0.15, -0.1) is 0 Å². The van der Waals surface area contributed by atoms with Crippen molar-refractivity contribution in [1.82, 2.24) is 14.8 Å². The minimum absolute atomic E-state index is 0.0786. The van der Waals surface area contributed by atoms with Crippen molar-refractivity contribution in [1.29, 1.82) is 0 Å². The summed E-state index contributed by atoms with van der Waals surface area (Å²) in [5.41, 5.74) is 1.73. The van der Waals surface area contributed by atoms with Crippen molar-refractivity contribution in [2.45, 2.75) is 26.3 Å². The molecule has 0 saturated heterocycles. The van der Waals surface area contributed by atoms with Crippen LogP contribution in [0.1, 0.15) is 23.1 Å². The van der Waals surface area contributed by atoms with Gasteiger partial charge in [0.25, 0.3) is 5.56 Å². The fourth-order valence-electron chi connectivity index (χ4n) is 3.33. The number of aromatic hydroxyl groups is 1. The zero-order valence-electron chi connectivity index (χ0n) is 16.4. The van der Waals surface area contributed by atoms with Crippen LogP contribution in [0.5, 0.6) is 11.6 Å². The van der Waals surface area contributed by atoms with Crippen LogP contribution in [0.25, 0.3) is 10.8 Å². The average Bonchev–Trinajstić information content (AvgIpc) is 3.07. The summed E-state index contributed by atoms with van der Waals surface area (Å²) >= 11 is 0.998. The molecule has 2 aromatic heterocycles. The van der Waals surface area contributed by atoms with E-state index < -0.39 is 0 Å². The molecule has 0 fully saturated rings. The van der Waals surface area contributed by atoms with Gasteiger partial charge >= 0.3 is 4.87 Å². The summed E-state index contributed by atoms with van der Waals surface area (Å²) in [5, 5.41) is 15.8. The van der Waals surface area contributed by atoms with E-state index in [-0.39, 0.29) is 16.3 Å². The molecular weight excluding hydrogens is 402 g/mol. The molecular formula is C22H21N3O4S. The van der Waals surface area contributed by atoms with E-state index in [1.54, 1.807) is 0 Å². The van der Waals surface area contributed by atoms with Gasteiger partial charge in [0.1, 0.15) is 12.4 Å². The van der Waals surface area contributed by atoms with E-state index in [2.05, 4.69) is 10.1 Å². The minimum atomic E-state index is -0.272. The number of ether oxygens (including phenoxy) is 1. The third-order valence-electron chi connectivity index (χ3n) is 4.84. The Kier molecular flexibility index (Phi) is 5.67. The topological polar surface area (TPSA) is 97.2 Å². The van der Waals surface area contributed by atoms with Gasteiger partial charge in [0.05, 0.1) is 22.5 Å². The first kappa shape index (κ1) is 19.9. The van der Waals surface area contributed by atoms with Crippen LogP contribution >= 0.6 is 11.3 Å². The van der Waals surface area contributed by atoms with Crippen LogP contribution in [0.2, 0.25) is 0 Å². The van der Waals surface area contributed by atoms with Gasteiger partial charge in [-0.05, 0) is 30.2 Å². The molecule has 2 heterocycles. The highest BCUT2D eigenvalue weighted by atomic mass is 32.1. The van der Waals surface area contributed by atoms with E-state index in [0.29, 0.717) is 35.6 Å². The Hall–Kier alpha value is -3.39. The fourth-order valence-corrected chi connectivity index (χ4v) is 4.09. The average molecular weight is 423 g/mol. The van der Waals surface area contributed by atoms with Crippen molar-refractivity contribution in [2.75, 3.05) is 6.61 Å². The van der Waals surface area contributed by atoms with Gasteiger partial charge < -0.3 is 9.84 Å². The number of hydrogen-bond acceptors (Lipinski definition) is 6. The molecule has 30 heavy (non-hydrogen) atoms. The highest BCUT2D eigenvalue weighted by molar-refractivity contribution is 7.09. The van der Waals surface area contributed by atoms with Gasteiger partial charge in [-0.2, -0.15) is 5.10 Å². The SMILES string of the molecule is CCc1nn(CCOc2ccc(Cc3sc(=O)[nH]c3O)cc2)c(=O)c2ccccc12. The number of aromatic nitrogens is 3. The lowest BCUT2D eigenvalue weighted by Gasteiger charge is -2.11. The van der Waals surface area contributed by atoms with E-state index in [9.17, 15) is 14.7 Å². The lowest BCUT2D eigenvalue weighted by Crippen LogP contribution is -2.27. The van der Waals surface area contributed by atoms with Crippen LogP contribution in [0.15, 0.2) is 58.1 Å². The number of H-pyrrole nitrogens is 1. The molecule has 0 aliphatic rings. The second-order valence-electron chi connectivity index (χ2n) is 6.83. The maximum atomic E-state index is 12.7. The Labute approximate surface area is 176 Å². The summed E-state index contributed by atoms with van der Waals surface area (Å²) in [6.07, 6.45) is 1.21. The number of aromatic amines is 1. The predicted octanol–water partition coefficient (Wildman–Crippen LogP) is 3.08. The number of hydrogen-bond donors (Lipinski definition) is 2. The Balaban J connectivity index is 1.42. The van der Waals surface area contributed by atoms with Crippen LogP contribution in [0, 0.1) is 0 Å². The molecule has 4 rings (SSSR count). The fraction of sp³-hybridized carbons (Fsp3) is 0.227. The number of benzene rings is 2. The summed E-state index contributed by atoms with van der Waals surface area (Å²) < 4.78 is 7.25. The van der Waals surface area contributed by atoms with Crippen LogP contribution < -0.4 is 15.2 Å². The molecule has 0 aliphatic carbocycles. The quantitative estimate of drug-likeness (QED) is 0.476. The third-order valence-corrected chi connectivity index (χ3v) is 5.71. The molecule has 4 aromatic rings. The molecule has 0 bridgehead atoms. The number of nitrogens with zero attached hydrogens (tertiary/aromatic N) is 2. The van der Waals surface area contributed by atoms with Gasteiger partial charge in [0.2, 0.25) is 5.88 Å². The molecule has 0 atom stereocenters. The van der Waals surface area contributed by atoms with Crippen molar-refractivity contribution in [2.24, 2.45) is 0 Å². The molecule has 0 unspecified atom stereocenters. The van der Waals surface area contributed by atoms with E-state index in [1.165, 1.54) is 4.68 Å². The van der Waals surface area contributed by atoms with E-state index >= 15 is 0 Å². The number of thiazole rings is 1. The smallest absolute Gasteiger partial charge is 0.307 e. The van der Waals surface area contributed by atoms with Gasteiger partial charge in [0.15, 0.2) is 0 Å². The molecule has 2 N–H and O–H groups in total. The van der Waals surface area contributed by atoms with Gasteiger partial charge in [0, 0.05) is 11.8 Å². The molecule has 0 amide bonds. The third kappa shape index (κ3) is 4.13. The largest absolute Gasteiger partial charge is 0.494 e. The highest BCUT2D eigenvalue weighted by Crippen LogP contribution is 2.21. The van der Waals surface area contributed by atoms with Crippen molar-refractivity contribution >= 4 is 22.1 Å². The van der Waals surface area contributed by atoms with Crippen molar-refractivity contribution < 1.29 is 9.84 Å². The molecule has 7 nitrogen and oxygen atoms in total. The van der Waals surface area contributed by atoms with Crippen LogP contribution in [-0.2, 0) is 19.4 Å². The lowest BCUT2D eigenvalue weighted by molar-refractivity contribution is 0.287. The Bertz CT molecular complexity index is 1290. The maximum Gasteiger partial charge on any atom is 0.307 e. The highest BCUT2D eigenvalue weighted by Gasteiger charge is 2.10. The first-order valence-corrected chi connectivity index (χ1v) is 10.5. The monoisotopic (exact) mass is 423 g/mol. The normalized spacial score (nSPS) is 11.1. The Morgan fingerprint density at radius 3 is 2.50 bits per heavy atom. The zero-order valence-corrected chi connectivity index (χ0v) is 17.2. The molecule has 154 valence electrons. The first-order valence-electron chi connectivity index (χ1n) is 9.66. The number of aryl methyl sites for hydroxylation is 1. The Morgan fingerprint density at radius 1 is 1.10 bits per heavy atom. The van der Waals surface area contributed by atoms with Gasteiger partial charge in [-0.3, -0.25) is 14.6 Å². The number of fused-ring (bicyclic) bond motifs is 1. The van der Waals surface area contributed by atoms with Crippen molar-refractivity contribution in [3.8, 4) is 11.6 Å². The van der Waals surface area contributed by atoms with Gasteiger partial charge in [-0.25, -0.2) is 4.68 Å². The second-order valence-corrected chi connectivity index (χ2v) is 7.90. The van der Waals surface area contributed by atoms with Crippen LogP contribution in [0.4, 0.5) is 0 Å². The molecule has 0 spiro atoms. The summed E-state index contributed by atoms with van der Waals surface area (Å²) in [6.45, 7) is 2.69. The zero-order chi connectivity index (χ0) is 21.1. The summed E-state index contributed by atoms with van der Waals surface area (Å²) in [7, 11) is 0. The standard InChI is InChI=1S/C22H21N3O4S/c1-2-18-16-5-3-4-6-17(16)21(27)25(24-18)11-12-29-15-9-7-14(8-10-15)13-19-20(26)23-22(28)30-19/h3-10,26H,2,11-13H2,1H3,(H,23,28). The summed E-state index contributed by atoms with van der Waals surface area (Å²) in [6, 6.07) is 15.0. The van der Waals surface area contributed by atoms with Crippen LogP contribution in [-0.4, -0.2) is 26.5 Å². The predicted molar refractivity (Wildman–Crippen MR) is 117 cm³/mol. The van der Waals surface area contributed by atoms with Crippen molar-refractivity contribution in [3.05, 3.63) is 84.7 Å². The number of rotatable bonds is 7. The second kappa shape index (κ2) is 8.54. The summed E-state index contributed by atoms with van der Waals surface area (Å²) in [4.78, 5) is 26.7. The molecule has 0 radical (unpaired) electrons. The number of nitrogens with one attached hydrogen (secondary N) is 1. The van der Waals surface area contributed by atoms with Gasteiger partial charge in [-0.1, -0.05) is 48.6 Å². The molecule has 0 saturated carbocycles. The van der Waals surface area contributed by atoms with E-state index in [4.69, 9.17) is 4.74 Å². The van der Waals surface area contributed by atoms with Crippen LogP contribution in [0.3, 0.4) is 0 Å². The summed E-state index contributed by atoms with van der Waals surface area (Å²) in [5.74, 6) is 0.597. The molecule has 2 aromatic carbocycles. The van der Waals surface area contributed by atoms with E-state index in [1.807, 2.05) is 55.5 Å². The lowest BCUT2D eigenvalue weighted by atomic mass is 10.1. The molecule has 0 aliphatic heterocycles. The first-order chi connectivity index (χ1) is 14.5. The van der Waals surface area contributed by atoms with E-state index in [0.717, 1.165) is 34.4 Å². The maximum absolute atomic E-state index is 12.7. The minimum Gasteiger partial charge on any atom is -0.494 e.